The third-order valence-electron chi connectivity index (χ3n) is 3.54. The highest BCUT2D eigenvalue weighted by Gasteiger charge is 2.27. The van der Waals surface area contributed by atoms with Crippen LogP contribution in [0.15, 0.2) is 34.7 Å². The van der Waals surface area contributed by atoms with Crippen LogP contribution in [-0.4, -0.2) is 24.7 Å². The molecule has 0 aliphatic heterocycles. The molecule has 1 unspecified atom stereocenters. The maximum atomic E-state index is 12.3. The fourth-order valence-corrected chi connectivity index (χ4v) is 2.18. The number of rotatable bonds is 5. The summed E-state index contributed by atoms with van der Waals surface area (Å²) >= 11 is 0. The van der Waals surface area contributed by atoms with E-state index in [1.165, 1.54) is 0 Å². The largest absolute Gasteiger partial charge is 0.497 e. The van der Waals surface area contributed by atoms with Gasteiger partial charge in [0.1, 0.15) is 22.9 Å². The summed E-state index contributed by atoms with van der Waals surface area (Å²) in [4.78, 5) is 12.3. The van der Waals surface area contributed by atoms with Crippen molar-refractivity contribution in [1.82, 2.24) is 5.32 Å². The van der Waals surface area contributed by atoms with Crippen molar-refractivity contribution in [3.63, 3.8) is 0 Å². The van der Waals surface area contributed by atoms with Crippen molar-refractivity contribution in [3.8, 4) is 5.75 Å². The third-order valence-corrected chi connectivity index (χ3v) is 3.54. The summed E-state index contributed by atoms with van der Waals surface area (Å²) in [5.41, 5.74) is 0.0992. The molecule has 1 aromatic heterocycles. The molecule has 0 saturated carbocycles. The van der Waals surface area contributed by atoms with Gasteiger partial charge < -0.3 is 19.6 Å². The van der Waals surface area contributed by atoms with Gasteiger partial charge in [-0.3, -0.25) is 4.79 Å². The second-order valence-corrected chi connectivity index (χ2v) is 5.55. The van der Waals surface area contributed by atoms with Gasteiger partial charge in [-0.05, 0) is 56.7 Å². The number of ether oxygens (including phenoxy) is 1. The van der Waals surface area contributed by atoms with E-state index in [9.17, 15) is 9.90 Å². The van der Waals surface area contributed by atoms with Crippen LogP contribution in [-0.2, 0) is 5.60 Å². The van der Waals surface area contributed by atoms with E-state index in [0.29, 0.717) is 22.8 Å². The third kappa shape index (κ3) is 3.49. The summed E-state index contributed by atoms with van der Waals surface area (Å²) < 4.78 is 10.5. The Morgan fingerprint density at radius 1 is 1.32 bits per heavy atom. The second kappa shape index (κ2) is 6.23. The van der Waals surface area contributed by atoms with Gasteiger partial charge in [-0.2, -0.15) is 0 Å². The van der Waals surface area contributed by atoms with Crippen LogP contribution in [0.25, 0.3) is 0 Å². The van der Waals surface area contributed by atoms with E-state index >= 15 is 0 Å². The van der Waals surface area contributed by atoms with Crippen LogP contribution in [0.3, 0.4) is 0 Å². The minimum atomic E-state index is -1.26. The number of nitrogens with one attached hydrogen (secondary N) is 1. The number of amides is 1. The van der Waals surface area contributed by atoms with Gasteiger partial charge in [-0.1, -0.05) is 0 Å². The first-order valence-corrected chi connectivity index (χ1v) is 7.05. The molecule has 0 bridgehead atoms. The van der Waals surface area contributed by atoms with Crippen molar-refractivity contribution in [3.05, 3.63) is 53.0 Å². The summed E-state index contributed by atoms with van der Waals surface area (Å²) in [7, 11) is 1.58. The van der Waals surface area contributed by atoms with E-state index in [-0.39, 0.29) is 12.5 Å². The zero-order chi connectivity index (χ0) is 16.3. The van der Waals surface area contributed by atoms with Gasteiger partial charge in [0.25, 0.3) is 5.91 Å². The lowest BCUT2D eigenvalue weighted by Gasteiger charge is -2.21. The van der Waals surface area contributed by atoms with Crippen LogP contribution in [0.5, 0.6) is 5.75 Å². The molecule has 0 saturated heterocycles. The number of aliphatic hydroxyl groups is 1. The molecule has 0 radical (unpaired) electrons. The molecule has 5 heteroatoms. The predicted octanol–water partition coefficient (Wildman–Crippen LogP) is 2.54. The lowest BCUT2D eigenvalue weighted by atomic mass is 10.0. The molecule has 0 fully saturated rings. The summed E-state index contributed by atoms with van der Waals surface area (Å²) in [5, 5.41) is 13.2. The molecule has 22 heavy (non-hydrogen) atoms. The lowest BCUT2D eigenvalue weighted by Crippen LogP contribution is -2.38. The Kier molecular flexibility index (Phi) is 4.56. The van der Waals surface area contributed by atoms with Gasteiger partial charge in [0.2, 0.25) is 0 Å². The molecule has 2 N–H and O–H groups in total. The molecule has 0 aliphatic carbocycles. The van der Waals surface area contributed by atoms with Crippen LogP contribution in [0.4, 0.5) is 0 Å². The molecule has 0 aliphatic rings. The average Bonchev–Trinajstić information content (AvgIpc) is 2.92. The molecule has 1 heterocycles. The van der Waals surface area contributed by atoms with Crippen molar-refractivity contribution in [2.75, 3.05) is 13.7 Å². The van der Waals surface area contributed by atoms with Crippen LogP contribution < -0.4 is 10.1 Å². The van der Waals surface area contributed by atoms with E-state index in [0.717, 1.165) is 5.56 Å². The van der Waals surface area contributed by atoms with Gasteiger partial charge >= 0.3 is 0 Å². The quantitative estimate of drug-likeness (QED) is 0.890. The number of methoxy groups -OCH3 is 1. The maximum absolute atomic E-state index is 12.3. The molecule has 118 valence electrons. The normalized spacial score (nSPS) is 13.5. The second-order valence-electron chi connectivity index (χ2n) is 5.55. The fraction of sp³-hybridized carbons (Fsp3) is 0.353. The zero-order valence-corrected chi connectivity index (χ0v) is 13.3. The van der Waals surface area contributed by atoms with E-state index in [4.69, 9.17) is 9.15 Å². The van der Waals surface area contributed by atoms with Crippen molar-refractivity contribution in [1.29, 1.82) is 0 Å². The van der Waals surface area contributed by atoms with Crippen LogP contribution in [0.2, 0.25) is 0 Å². The van der Waals surface area contributed by atoms with E-state index < -0.39 is 5.60 Å². The highest BCUT2D eigenvalue weighted by atomic mass is 16.5. The van der Waals surface area contributed by atoms with E-state index in [1.807, 2.05) is 6.92 Å². The smallest absolute Gasteiger partial charge is 0.251 e. The van der Waals surface area contributed by atoms with Crippen LogP contribution >= 0.6 is 0 Å². The van der Waals surface area contributed by atoms with E-state index in [2.05, 4.69) is 5.32 Å². The highest BCUT2D eigenvalue weighted by Crippen LogP contribution is 2.22. The first-order chi connectivity index (χ1) is 10.3. The molecule has 1 amide bonds. The number of benzene rings is 1. The standard InChI is InChI=1S/C17H21NO4/c1-11-9-13(21-4)6-7-14(11)16(19)18-10-17(3,20)15-8-5-12(2)22-15/h5-9,20H,10H2,1-4H3,(H,18,19). The summed E-state index contributed by atoms with van der Waals surface area (Å²) in [6.45, 7) is 5.31. The number of carbonyl (C=O) groups excluding carboxylic acids is 1. The lowest BCUT2D eigenvalue weighted by molar-refractivity contribution is 0.0323. The molecular formula is C17H21NO4. The maximum Gasteiger partial charge on any atom is 0.251 e. The topological polar surface area (TPSA) is 71.7 Å². The molecule has 1 aromatic carbocycles. The van der Waals surface area contributed by atoms with Crippen molar-refractivity contribution in [2.45, 2.75) is 26.4 Å². The monoisotopic (exact) mass is 303 g/mol. The van der Waals surface area contributed by atoms with E-state index in [1.54, 1.807) is 51.3 Å². The van der Waals surface area contributed by atoms with Crippen molar-refractivity contribution >= 4 is 5.91 Å². The zero-order valence-electron chi connectivity index (χ0n) is 13.3. The Morgan fingerprint density at radius 3 is 2.59 bits per heavy atom. The van der Waals surface area contributed by atoms with Gasteiger partial charge in [0.15, 0.2) is 0 Å². The molecule has 5 nitrogen and oxygen atoms in total. The Bertz CT molecular complexity index is 673. The number of hydrogen-bond acceptors (Lipinski definition) is 4. The predicted molar refractivity (Wildman–Crippen MR) is 83.1 cm³/mol. The van der Waals surface area contributed by atoms with Gasteiger partial charge in [-0.15, -0.1) is 0 Å². The molecule has 0 spiro atoms. The first-order valence-electron chi connectivity index (χ1n) is 7.05. The van der Waals surface area contributed by atoms with Gasteiger partial charge in [0, 0.05) is 5.56 Å². The molecular weight excluding hydrogens is 282 g/mol. The summed E-state index contributed by atoms with van der Waals surface area (Å²) in [6, 6.07) is 8.72. The summed E-state index contributed by atoms with van der Waals surface area (Å²) in [6.07, 6.45) is 0. The van der Waals surface area contributed by atoms with Crippen LogP contribution in [0, 0.1) is 13.8 Å². The Hall–Kier alpha value is -2.27. The minimum absolute atomic E-state index is 0.0598. The molecule has 2 aromatic rings. The van der Waals surface area contributed by atoms with Crippen molar-refractivity contribution < 1.29 is 19.1 Å². The van der Waals surface area contributed by atoms with Gasteiger partial charge in [-0.25, -0.2) is 0 Å². The number of hydrogen-bond donors (Lipinski definition) is 2. The fourth-order valence-electron chi connectivity index (χ4n) is 2.18. The number of aryl methyl sites for hydroxylation is 2. The van der Waals surface area contributed by atoms with Crippen LogP contribution in [0.1, 0.15) is 34.4 Å². The molecule has 1 atom stereocenters. The Balaban J connectivity index is 2.06. The highest BCUT2D eigenvalue weighted by molar-refractivity contribution is 5.95. The van der Waals surface area contributed by atoms with Gasteiger partial charge in [0.05, 0.1) is 13.7 Å². The minimum Gasteiger partial charge on any atom is -0.497 e. The Labute approximate surface area is 129 Å². The Morgan fingerprint density at radius 2 is 2.05 bits per heavy atom. The average molecular weight is 303 g/mol. The number of furan rings is 1. The number of carbonyl (C=O) groups is 1. The first kappa shape index (κ1) is 16.1. The SMILES string of the molecule is COc1ccc(C(=O)NCC(C)(O)c2ccc(C)o2)c(C)c1. The summed E-state index contributed by atoms with van der Waals surface area (Å²) in [5.74, 6) is 1.60. The van der Waals surface area contributed by atoms with Crippen molar-refractivity contribution in [2.24, 2.45) is 0 Å². The molecule has 2 rings (SSSR count).